The molecule has 1 amide bonds. The summed E-state index contributed by atoms with van der Waals surface area (Å²) in [6.45, 7) is 1.79. The summed E-state index contributed by atoms with van der Waals surface area (Å²) in [7, 11) is -1.91. The largest absolute Gasteiger partial charge is 0.484 e. The van der Waals surface area contributed by atoms with Crippen LogP contribution in [0.1, 0.15) is 5.56 Å². The maximum absolute atomic E-state index is 12.0. The second-order valence-electron chi connectivity index (χ2n) is 5.53. The number of rotatable bonds is 6. The SMILES string of the molecule is Cc1cc(OCC(=O)Nc2cccc(N(C)S(C)(=O)=O)c2)ccc1Br. The van der Waals surface area contributed by atoms with Gasteiger partial charge in [0.15, 0.2) is 6.61 Å². The van der Waals surface area contributed by atoms with Gasteiger partial charge in [0.1, 0.15) is 5.75 Å². The molecule has 0 aromatic heterocycles. The zero-order valence-corrected chi connectivity index (χ0v) is 16.5. The quantitative estimate of drug-likeness (QED) is 0.769. The molecule has 0 saturated carbocycles. The highest BCUT2D eigenvalue weighted by molar-refractivity contribution is 9.10. The molecule has 0 saturated heterocycles. The first kappa shape index (κ1) is 19.3. The molecule has 2 aromatic rings. The van der Waals surface area contributed by atoms with Crippen LogP contribution in [0.5, 0.6) is 5.75 Å². The summed E-state index contributed by atoms with van der Waals surface area (Å²) >= 11 is 3.40. The molecular weight excluding hydrogens is 408 g/mol. The number of benzene rings is 2. The number of amides is 1. The number of aryl methyl sites for hydroxylation is 1. The van der Waals surface area contributed by atoms with Crippen LogP contribution in [-0.2, 0) is 14.8 Å². The van der Waals surface area contributed by atoms with Crippen molar-refractivity contribution in [1.29, 1.82) is 0 Å². The minimum Gasteiger partial charge on any atom is -0.484 e. The normalized spacial score (nSPS) is 11.0. The van der Waals surface area contributed by atoms with E-state index in [9.17, 15) is 13.2 Å². The lowest BCUT2D eigenvalue weighted by Gasteiger charge is -2.17. The molecule has 0 heterocycles. The maximum Gasteiger partial charge on any atom is 0.262 e. The van der Waals surface area contributed by atoms with Crippen LogP contribution in [0.3, 0.4) is 0 Å². The van der Waals surface area contributed by atoms with Gasteiger partial charge < -0.3 is 10.1 Å². The molecule has 0 unspecified atom stereocenters. The Bertz CT molecular complexity index is 884. The smallest absolute Gasteiger partial charge is 0.262 e. The van der Waals surface area contributed by atoms with Crippen LogP contribution in [0, 0.1) is 6.92 Å². The molecule has 25 heavy (non-hydrogen) atoms. The Morgan fingerprint density at radius 1 is 1.24 bits per heavy atom. The fraction of sp³-hybridized carbons (Fsp3) is 0.235. The summed E-state index contributed by atoms with van der Waals surface area (Å²) in [6, 6.07) is 12.0. The average Bonchev–Trinajstić information content (AvgIpc) is 2.54. The van der Waals surface area contributed by atoms with E-state index < -0.39 is 10.0 Å². The van der Waals surface area contributed by atoms with Gasteiger partial charge in [0.2, 0.25) is 10.0 Å². The Morgan fingerprint density at radius 3 is 2.60 bits per heavy atom. The highest BCUT2D eigenvalue weighted by atomic mass is 79.9. The zero-order valence-electron chi connectivity index (χ0n) is 14.1. The maximum atomic E-state index is 12.0. The minimum absolute atomic E-state index is 0.146. The number of halogens is 1. The van der Waals surface area contributed by atoms with Crippen molar-refractivity contribution in [2.45, 2.75) is 6.92 Å². The molecule has 0 radical (unpaired) electrons. The Morgan fingerprint density at radius 2 is 1.96 bits per heavy atom. The van der Waals surface area contributed by atoms with Gasteiger partial charge in [-0.3, -0.25) is 9.10 Å². The van der Waals surface area contributed by atoms with Crippen LogP contribution in [0.15, 0.2) is 46.9 Å². The molecule has 1 N–H and O–H groups in total. The van der Waals surface area contributed by atoms with E-state index in [2.05, 4.69) is 21.2 Å². The van der Waals surface area contributed by atoms with E-state index in [-0.39, 0.29) is 12.5 Å². The number of carbonyl (C=O) groups is 1. The van der Waals surface area contributed by atoms with E-state index in [4.69, 9.17) is 4.74 Å². The van der Waals surface area contributed by atoms with Gasteiger partial charge in [-0.2, -0.15) is 0 Å². The molecule has 0 aliphatic rings. The highest BCUT2D eigenvalue weighted by Crippen LogP contribution is 2.22. The fourth-order valence-corrected chi connectivity index (χ4v) is 2.77. The number of nitrogens with one attached hydrogen (secondary N) is 1. The Kier molecular flexibility index (Phi) is 6.07. The van der Waals surface area contributed by atoms with Crippen LogP contribution < -0.4 is 14.4 Å². The van der Waals surface area contributed by atoms with Crippen molar-refractivity contribution in [2.75, 3.05) is 29.5 Å². The number of sulfonamides is 1. The van der Waals surface area contributed by atoms with Gasteiger partial charge in [-0.15, -0.1) is 0 Å². The predicted molar refractivity (Wildman–Crippen MR) is 103 cm³/mol. The standard InChI is InChI=1S/C17H19BrN2O4S/c1-12-9-15(7-8-16(12)18)24-11-17(21)19-13-5-4-6-14(10-13)20(2)25(3,22)23/h4-10H,11H2,1-3H3,(H,19,21). The van der Waals surface area contributed by atoms with Gasteiger partial charge in [0, 0.05) is 17.2 Å². The first-order valence-electron chi connectivity index (χ1n) is 7.39. The van der Waals surface area contributed by atoms with Crippen molar-refractivity contribution in [2.24, 2.45) is 0 Å². The number of carbonyl (C=O) groups excluding carboxylic acids is 1. The lowest BCUT2D eigenvalue weighted by Crippen LogP contribution is -2.25. The van der Waals surface area contributed by atoms with E-state index in [0.717, 1.165) is 20.6 Å². The van der Waals surface area contributed by atoms with E-state index in [1.54, 1.807) is 30.3 Å². The van der Waals surface area contributed by atoms with Crippen LogP contribution in [0.2, 0.25) is 0 Å². The van der Waals surface area contributed by atoms with Crippen LogP contribution in [0.4, 0.5) is 11.4 Å². The van der Waals surface area contributed by atoms with Gasteiger partial charge in [0.05, 0.1) is 11.9 Å². The van der Waals surface area contributed by atoms with Crippen molar-refractivity contribution in [1.82, 2.24) is 0 Å². The molecule has 0 fully saturated rings. The lowest BCUT2D eigenvalue weighted by atomic mass is 10.2. The third-order valence-corrected chi connectivity index (χ3v) is 5.59. The van der Waals surface area contributed by atoms with Crippen molar-refractivity contribution in [3.05, 3.63) is 52.5 Å². The summed E-state index contributed by atoms with van der Waals surface area (Å²) < 4.78 is 30.8. The first-order chi connectivity index (χ1) is 11.7. The molecule has 2 rings (SSSR count). The van der Waals surface area contributed by atoms with Gasteiger partial charge in [-0.25, -0.2) is 8.42 Å². The molecule has 0 spiro atoms. The summed E-state index contributed by atoms with van der Waals surface area (Å²) in [5.74, 6) is 0.265. The zero-order chi connectivity index (χ0) is 18.6. The third kappa shape index (κ3) is 5.47. The lowest BCUT2D eigenvalue weighted by molar-refractivity contribution is -0.118. The number of anilines is 2. The number of ether oxygens (including phenoxy) is 1. The Hall–Kier alpha value is -2.06. The van der Waals surface area contributed by atoms with Gasteiger partial charge >= 0.3 is 0 Å². The number of hydrogen-bond acceptors (Lipinski definition) is 4. The van der Waals surface area contributed by atoms with E-state index in [0.29, 0.717) is 17.1 Å². The monoisotopic (exact) mass is 426 g/mol. The summed E-state index contributed by atoms with van der Waals surface area (Å²) in [5, 5.41) is 2.69. The van der Waals surface area contributed by atoms with Crippen LogP contribution in [-0.4, -0.2) is 34.2 Å². The van der Waals surface area contributed by atoms with Gasteiger partial charge in [-0.05, 0) is 48.9 Å². The topological polar surface area (TPSA) is 75.7 Å². The minimum atomic E-state index is -3.36. The fourth-order valence-electron chi connectivity index (χ4n) is 2.02. The predicted octanol–water partition coefficient (Wildman–Crippen LogP) is 3.17. The second-order valence-corrected chi connectivity index (χ2v) is 8.40. The summed E-state index contributed by atoms with van der Waals surface area (Å²) in [6.07, 6.45) is 1.12. The molecule has 2 aromatic carbocycles. The Labute approximate surface area is 156 Å². The van der Waals surface area contributed by atoms with Crippen molar-refractivity contribution in [3.63, 3.8) is 0 Å². The van der Waals surface area contributed by atoms with E-state index in [1.807, 2.05) is 19.1 Å². The summed E-state index contributed by atoms with van der Waals surface area (Å²) in [4.78, 5) is 12.0. The highest BCUT2D eigenvalue weighted by Gasteiger charge is 2.13. The summed E-state index contributed by atoms with van der Waals surface area (Å²) in [5.41, 5.74) is 1.97. The second kappa shape index (κ2) is 7.88. The van der Waals surface area contributed by atoms with Gasteiger partial charge in [0.25, 0.3) is 5.91 Å². The number of hydrogen-bond donors (Lipinski definition) is 1. The van der Waals surface area contributed by atoms with Crippen LogP contribution >= 0.6 is 15.9 Å². The third-order valence-electron chi connectivity index (χ3n) is 3.49. The first-order valence-corrected chi connectivity index (χ1v) is 10.0. The molecule has 134 valence electrons. The molecule has 0 atom stereocenters. The molecule has 8 heteroatoms. The van der Waals surface area contributed by atoms with E-state index in [1.165, 1.54) is 7.05 Å². The van der Waals surface area contributed by atoms with Crippen LogP contribution in [0.25, 0.3) is 0 Å². The van der Waals surface area contributed by atoms with Crippen molar-refractivity contribution < 1.29 is 17.9 Å². The van der Waals surface area contributed by atoms with Gasteiger partial charge in [-0.1, -0.05) is 22.0 Å². The average molecular weight is 427 g/mol. The van der Waals surface area contributed by atoms with Crippen molar-refractivity contribution >= 4 is 43.2 Å². The van der Waals surface area contributed by atoms with E-state index >= 15 is 0 Å². The molecule has 6 nitrogen and oxygen atoms in total. The Balaban J connectivity index is 1.99. The number of nitrogens with zero attached hydrogens (tertiary/aromatic N) is 1. The van der Waals surface area contributed by atoms with Crippen molar-refractivity contribution in [3.8, 4) is 5.75 Å². The molecular formula is C17H19BrN2O4S. The molecule has 0 aliphatic heterocycles. The molecule has 0 bridgehead atoms. The molecule has 0 aliphatic carbocycles.